The highest BCUT2D eigenvalue weighted by Gasteiger charge is 2.25. The van der Waals surface area contributed by atoms with Gasteiger partial charge in [0.2, 0.25) is 0 Å². The van der Waals surface area contributed by atoms with E-state index < -0.39 is 0 Å². The molecule has 1 aromatic heterocycles. The fraction of sp³-hybridized carbons (Fsp3) is 0.375. The van der Waals surface area contributed by atoms with E-state index in [4.69, 9.17) is 4.74 Å². The van der Waals surface area contributed by atoms with Gasteiger partial charge in [-0.15, -0.1) is 0 Å². The Hall–Kier alpha value is -2.14. The number of carbonyl (C=O) groups is 1. The van der Waals surface area contributed by atoms with Crippen LogP contribution in [0.5, 0.6) is 0 Å². The standard InChI is InChI=1S/C16H19N3O2/c1-11(2)19-15-5-4-12(14-7-17-18(3)8-14)6-13(15)9-21-10-16(19)20/h4-8,11H,9-10H2,1-3H3. The van der Waals surface area contributed by atoms with Gasteiger partial charge < -0.3 is 9.64 Å². The number of rotatable bonds is 2. The predicted molar refractivity (Wildman–Crippen MR) is 80.9 cm³/mol. The van der Waals surface area contributed by atoms with Crippen molar-refractivity contribution in [3.8, 4) is 11.1 Å². The van der Waals surface area contributed by atoms with Crippen LogP contribution < -0.4 is 4.90 Å². The minimum atomic E-state index is 0.0119. The van der Waals surface area contributed by atoms with Crippen molar-refractivity contribution < 1.29 is 9.53 Å². The van der Waals surface area contributed by atoms with Crippen LogP contribution in [0.2, 0.25) is 0 Å². The first-order valence-electron chi connectivity index (χ1n) is 7.08. The number of benzene rings is 1. The maximum atomic E-state index is 12.2. The molecule has 5 heteroatoms. The summed E-state index contributed by atoms with van der Waals surface area (Å²) < 4.78 is 7.28. The molecule has 1 aliphatic rings. The first-order chi connectivity index (χ1) is 10.1. The number of hydrogen-bond donors (Lipinski definition) is 0. The van der Waals surface area contributed by atoms with Gasteiger partial charge in [-0.2, -0.15) is 5.10 Å². The quantitative estimate of drug-likeness (QED) is 0.851. The Morgan fingerprint density at radius 2 is 2.05 bits per heavy atom. The topological polar surface area (TPSA) is 47.4 Å². The van der Waals surface area contributed by atoms with Gasteiger partial charge in [0.05, 0.1) is 12.8 Å². The van der Waals surface area contributed by atoms with Crippen LogP contribution in [0.15, 0.2) is 30.6 Å². The van der Waals surface area contributed by atoms with E-state index in [1.165, 1.54) is 0 Å². The highest BCUT2D eigenvalue weighted by molar-refractivity contribution is 5.96. The molecule has 0 radical (unpaired) electrons. The number of anilines is 1. The van der Waals surface area contributed by atoms with Gasteiger partial charge in [-0.25, -0.2) is 0 Å². The van der Waals surface area contributed by atoms with Gasteiger partial charge in [0, 0.05) is 36.1 Å². The summed E-state index contributed by atoms with van der Waals surface area (Å²) in [6, 6.07) is 6.23. The Bertz CT molecular complexity index is 676. The number of fused-ring (bicyclic) bond motifs is 1. The molecule has 0 N–H and O–H groups in total. The molecule has 5 nitrogen and oxygen atoms in total. The summed E-state index contributed by atoms with van der Waals surface area (Å²) in [5.74, 6) is 0.0119. The molecule has 0 spiro atoms. The Labute approximate surface area is 124 Å². The fourth-order valence-electron chi connectivity index (χ4n) is 2.70. The smallest absolute Gasteiger partial charge is 0.253 e. The molecule has 0 aliphatic carbocycles. The van der Waals surface area contributed by atoms with Gasteiger partial charge in [-0.3, -0.25) is 9.48 Å². The number of aryl methyl sites for hydroxylation is 1. The molecule has 0 saturated carbocycles. The van der Waals surface area contributed by atoms with Crippen LogP contribution in [-0.2, 0) is 23.2 Å². The third kappa shape index (κ3) is 2.56. The maximum absolute atomic E-state index is 12.2. The van der Waals surface area contributed by atoms with Crippen molar-refractivity contribution in [1.82, 2.24) is 9.78 Å². The van der Waals surface area contributed by atoms with E-state index in [2.05, 4.69) is 11.2 Å². The molecule has 3 rings (SSSR count). The van der Waals surface area contributed by atoms with Crippen molar-refractivity contribution in [2.24, 2.45) is 7.05 Å². The highest BCUT2D eigenvalue weighted by atomic mass is 16.5. The lowest BCUT2D eigenvalue weighted by Gasteiger charge is -2.26. The van der Waals surface area contributed by atoms with Crippen molar-refractivity contribution in [2.45, 2.75) is 26.5 Å². The van der Waals surface area contributed by atoms with Gasteiger partial charge in [0.15, 0.2) is 0 Å². The number of hydrogen-bond acceptors (Lipinski definition) is 3. The number of aromatic nitrogens is 2. The van der Waals surface area contributed by atoms with Crippen LogP contribution in [0.4, 0.5) is 5.69 Å². The molecule has 0 unspecified atom stereocenters. The average molecular weight is 285 g/mol. The van der Waals surface area contributed by atoms with Crippen LogP contribution >= 0.6 is 0 Å². The van der Waals surface area contributed by atoms with Crippen LogP contribution in [-0.4, -0.2) is 28.3 Å². The summed E-state index contributed by atoms with van der Waals surface area (Å²) >= 11 is 0. The largest absolute Gasteiger partial charge is 0.367 e. The molecular formula is C16H19N3O2. The SMILES string of the molecule is CC(C)N1C(=O)COCc2cc(-c3cnn(C)c3)ccc21. The lowest BCUT2D eigenvalue weighted by atomic mass is 10.0. The van der Waals surface area contributed by atoms with E-state index in [0.29, 0.717) is 6.61 Å². The second-order valence-corrected chi connectivity index (χ2v) is 5.60. The second kappa shape index (κ2) is 5.33. The Morgan fingerprint density at radius 3 is 2.71 bits per heavy atom. The van der Waals surface area contributed by atoms with E-state index >= 15 is 0 Å². The fourth-order valence-corrected chi connectivity index (χ4v) is 2.70. The number of ether oxygens (including phenoxy) is 1. The van der Waals surface area contributed by atoms with E-state index in [0.717, 1.165) is 22.4 Å². The molecule has 1 aromatic carbocycles. The van der Waals surface area contributed by atoms with E-state index in [1.54, 1.807) is 4.68 Å². The summed E-state index contributed by atoms with van der Waals surface area (Å²) in [5, 5.41) is 4.20. The molecule has 21 heavy (non-hydrogen) atoms. The maximum Gasteiger partial charge on any atom is 0.253 e. The number of carbonyl (C=O) groups excluding carboxylic acids is 1. The lowest BCUT2D eigenvalue weighted by Crippen LogP contribution is -2.38. The van der Waals surface area contributed by atoms with E-state index in [-0.39, 0.29) is 18.6 Å². The van der Waals surface area contributed by atoms with Gasteiger partial charge in [0.25, 0.3) is 5.91 Å². The minimum Gasteiger partial charge on any atom is -0.367 e. The van der Waals surface area contributed by atoms with Crippen LogP contribution in [0.3, 0.4) is 0 Å². The molecular weight excluding hydrogens is 266 g/mol. The Balaban J connectivity index is 2.05. The lowest BCUT2D eigenvalue weighted by molar-refractivity contribution is -0.123. The normalized spacial score (nSPS) is 15.2. The molecule has 0 bridgehead atoms. The summed E-state index contributed by atoms with van der Waals surface area (Å²) in [5.41, 5.74) is 4.13. The van der Waals surface area contributed by atoms with Crippen molar-refractivity contribution in [2.75, 3.05) is 11.5 Å². The Kier molecular flexibility index (Phi) is 3.51. The number of nitrogens with zero attached hydrogens (tertiary/aromatic N) is 3. The third-order valence-corrected chi connectivity index (χ3v) is 3.65. The van der Waals surface area contributed by atoms with Crippen LogP contribution in [0.1, 0.15) is 19.4 Å². The molecule has 1 amide bonds. The van der Waals surface area contributed by atoms with Gasteiger partial charge in [0.1, 0.15) is 6.61 Å². The molecule has 0 saturated heterocycles. The molecule has 0 atom stereocenters. The predicted octanol–water partition coefficient (Wildman–Crippen LogP) is 2.36. The first-order valence-corrected chi connectivity index (χ1v) is 7.08. The van der Waals surface area contributed by atoms with Crippen LogP contribution in [0, 0.1) is 0 Å². The molecule has 2 aromatic rings. The van der Waals surface area contributed by atoms with E-state index in [9.17, 15) is 4.79 Å². The van der Waals surface area contributed by atoms with Crippen molar-refractivity contribution in [3.63, 3.8) is 0 Å². The zero-order chi connectivity index (χ0) is 15.0. The average Bonchev–Trinajstić information content (AvgIpc) is 2.79. The summed E-state index contributed by atoms with van der Waals surface area (Å²) in [6.45, 7) is 4.62. The summed E-state index contributed by atoms with van der Waals surface area (Å²) in [6.07, 6.45) is 3.81. The first kappa shape index (κ1) is 13.8. The molecule has 0 fully saturated rings. The van der Waals surface area contributed by atoms with Gasteiger partial charge in [-0.05, 0) is 31.5 Å². The monoisotopic (exact) mass is 285 g/mol. The van der Waals surface area contributed by atoms with Crippen LogP contribution in [0.25, 0.3) is 11.1 Å². The van der Waals surface area contributed by atoms with Crippen molar-refractivity contribution in [3.05, 3.63) is 36.2 Å². The van der Waals surface area contributed by atoms with E-state index in [1.807, 2.05) is 50.3 Å². The third-order valence-electron chi connectivity index (χ3n) is 3.65. The molecule has 1 aliphatic heterocycles. The molecule has 2 heterocycles. The molecule has 110 valence electrons. The van der Waals surface area contributed by atoms with Gasteiger partial charge >= 0.3 is 0 Å². The summed E-state index contributed by atoms with van der Waals surface area (Å²) in [4.78, 5) is 14.0. The van der Waals surface area contributed by atoms with Crippen molar-refractivity contribution in [1.29, 1.82) is 0 Å². The number of amides is 1. The van der Waals surface area contributed by atoms with Gasteiger partial charge in [-0.1, -0.05) is 6.07 Å². The minimum absolute atomic E-state index is 0.0119. The zero-order valence-corrected chi connectivity index (χ0v) is 12.5. The Morgan fingerprint density at radius 1 is 1.24 bits per heavy atom. The highest BCUT2D eigenvalue weighted by Crippen LogP contribution is 2.31. The second-order valence-electron chi connectivity index (χ2n) is 5.60. The zero-order valence-electron chi connectivity index (χ0n) is 12.5. The summed E-state index contributed by atoms with van der Waals surface area (Å²) in [7, 11) is 1.90. The van der Waals surface area contributed by atoms with Crippen molar-refractivity contribution >= 4 is 11.6 Å².